The largest absolute Gasteiger partial charge is 0.464 e. The highest BCUT2D eigenvalue weighted by atomic mass is 16.6. The van der Waals surface area contributed by atoms with Crippen LogP contribution >= 0.6 is 0 Å². The Hall–Kier alpha value is -4.01. The smallest absolute Gasteiger partial charge is 0.418 e. The van der Waals surface area contributed by atoms with Crippen molar-refractivity contribution in [1.29, 1.82) is 0 Å². The first-order valence-electron chi connectivity index (χ1n) is 11.5. The molecule has 2 aromatic rings. The van der Waals surface area contributed by atoms with Crippen molar-refractivity contribution in [3.05, 3.63) is 71.8 Å². The maximum atomic E-state index is 13.8. The highest BCUT2D eigenvalue weighted by Crippen LogP contribution is 2.37. The number of imide groups is 1. The van der Waals surface area contributed by atoms with Crippen LogP contribution in [0.5, 0.6) is 0 Å². The Kier molecular flexibility index (Phi) is 7.92. The van der Waals surface area contributed by atoms with E-state index in [-0.39, 0.29) is 19.6 Å². The number of hydrogen-bond acceptors (Lipinski definition) is 8. The van der Waals surface area contributed by atoms with E-state index in [2.05, 4.69) is 0 Å². The Balaban J connectivity index is 2.07. The van der Waals surface area contributed by atoms with Crippen molar-refractivity contribution in [3.8, 4) is 0 Å². The van der Waals surface area contributed by atoms with Gasteiger partial charge in [0.05, 0.1) is 6.61 Å². The number of carbonyl (C=O) groups is 5. The second-order valence-electron chi connectivity index (χ2n) is 9.29. The Morgan fingerprint density at radius 2 is 1.44 bits per heavy atom. The van der Waals surface area contributed by atoms with E-state index in [1.54, 1.807) is 81.4 Å². The van der Waals surface area contributed by atoms with E-state index >= 15 is 0 Å². The molecule has 9 nitrogen and oxygen atoms in total. The average Bonchev–Trinajstić information content (AvgIpc) is 3.04. The molecule has 2 atom stereocenters. The van der Waals surface area contributed by atoms with Gasteiger partial charge in [0.25, 0.3) is 5.91 Å². The third-order valence-corrected chi connectivity index (χ3v) is 5.47. The lowest BCUT2D eigenvalue weighted by atomic mass is 9.84. The van der Waals surface area contributed by atoms with Crippen molar-refractivity contribution in [1.82, 2.24) is 4.90 Å². The Morgan fingerprint density at radius 1 is 0.889 bits per heavy atom. The second-order valence-corrected chi connectivity index (χ2v) is 9.29. The van der Waals surface area contributed by atoms with Crippen LogP contribution in [0.1, 0.15) is 38.8 Å². The van der Waals surface area contributed by atoms with Crippen LogP contribution in [0.4, 0.5) is 4.79 Å². The summed E-state index contributed by atoms with van der Waals surface area (Å²) in [7, 11) is 0. The minimum absolute atomic E-state index is 0.123. The molecule has 3 rings (SSSR count). The van der Waals surface area contributed by atoms with Crippen molar-refractivity contribution in [2.24, 2.45) is 5.92 Å². The molecule has 0 aliphatic carbocycles. The number of ketones is 1. The van der Waals surface area contributed by atoms with E-state index in [0.29, 0.717) is 16.0 Å². The molecule has 0 saturated carbocycles. The van der Waals surface area contributed by atoms with Gasteiger partial charge in [-0.3, -0.25) is 14.4 Å². The number of esters is 2. The van der Waals surface area contributed by atoms with Gasteiger partial charge < -0.3 is 14.2 Å². The van der Waals surface area contributed by atoms with Gasteiger partial charge in [-0.1, -0.05) is 60.7 Å². The molecule has 1 aliphatic heterocycles. The Morgan fingerprint density at radius 3 is 1.97 bits per heavy atom. The Labute approximate surface area is 209 Å². The number of hydrogen-bond donors (Lipinski definition) is 0. The first-order valence-corrected chi connectivity index (χ1v) is 11.5. The number of benzene rings is 2. The highest BCUT2D eigenvalue weighted by molar-refractivity contribution is 6.33. The lowest BCUT2D eigenvalue weighted by Gasteiger charge is -2.34. The van der Waals surface area contributed by atoms with E-state index < -0.39 is 46.8 Å². The number of likely N-dealkylation sites (tertiary alicyclic amines) is 1. The molecule has 2 amide bonds. The summed E-state index contributed by atoms with van der Waals surface area (Å²) < 4.78 is 15.8. The average molecular weight is 496 g/mol. The van der Waals surface area contributed by atoms with Gasteiger partial charge in [-0.15, -0.1) is 0 Å². The van der Waals surface area contributed by atoms with E-state index in [4.69, 9.17) is 14.2 Å². The van der Waals surface area contributed by atoms with E-state index in [1.807, 2.05) is 0 Å². The predicted molar refractivity (Wildman–Crippen MR) is 127 cm³/mol. The zero-order chi connectivity index (χ0) is 26.5. The molecule has 0 aromatic heterocycles. The fourth-order valence-electron chi connectivity index (χ4n) is 3.92. The van der Waals surface area contributed by atoms with Gasteiger partial charge in [0.1, 0.15) is 12.2 Å². The summed E-state index contributed by atoms with van der Waals surface area (Å²) >= 11 is 0. The van der Waals surface area contributed by atoms with Gasteiger partial charge in [-0.05, 0) is 38.8 Å². The molecule has 9 heteroatoms. The molecular weight excluding hydrogens is 466 g/mol. The molecule has 1 fully saturated rings. The molecule has 0 spiro atoms. The van der Waals surface area contributed by atoms with Gasteiger partial charge >= 0.3 is 18.0 Å². The van der Waals surface area contributed by atoms with Crippen molar-refractivity contribution in [3.63, 3.8) is 0 Å². The SMILES string of the molecule is CCOC(=O)C1(Cc2ccccc2)C(=O)C(C(=O)OCc2ccccc2)C(=O)N1C(=O)OC(C)(C)C. The van der Waals surface area contributed by atoms with Crippen molar-refractivity contribution in [2.75, 3.05) is 6.61 Å². The number of carbonyl (C=O) groups excluding carboxylic acids is 5. The molecule has 2 unspecified atom stereocenters. The normalized spacial score (nSPS) is 19.7. The zero-order valence-electron chi connectivity index (χ0n) is 20.7. The van der Waals surface area contributed by atoms with Crippen LogP contribution < -0.4 is 0 Å². The van der Waals surface area contributed by atoms with Gasteiger partial charge in [-0.25, -0.2) is 14.5 Å². The number of ether oxygens (including phenoxy) is 3. The molecule has 36 heavy (non-hydrogen) atoms. The lowest BCUT2D eigenvalue weighted by molar-refractivity contribution is -0.161. The summed E-state index contributed by atoms with van der Waals surface area (Å²) in [6.45, 7) is 5.92. The number of nitrogens with zero attached hydrogens (tertiary/aromatic N) is 1. The van der Waals surface area contributed by atoms with Crippen LogP contribution in [-0.2, 0) is 46.4 Å². The van der Waals surface area contributed by atoms with Crippen molar-refractivity contribution < 1.29 is 38.2 Å². The predicted octanol–water partition coefficient (Wildman–Crippen LogP) is 3.24. The quantitative estimate of drug-likeness (QED) is 0.327. The molecule has 1 aliphatic rings. The highest BCUT2D eigenvalue weighted by Gasteiger charge is 2.69. The first kappa shape index (κ1) is 26.6. The number of amides is 2. The van der Waals surface area contributed by atoms with Gasteiger partial charge in [0, 0.05) is 6.42 Å². The molecule has 1 heterocycles. The van der Waals surface area contributed by atoms with Gasteiger partial charge in [0.2, 0.25) is 5.54 Å². The molecule has 1 saturated heterocycles. The van der Waals surface area contributed by atoms with E-state index in [1.165, 1.54) is 6.92 Å². The number of Topliss-reactive ketones (excluding diaryl/α,β-unsaturated/α-hetero) is 1. The monoisotopic (exact) mass is 495 g/mol. The zero-order valence-corrected chi connectivity index (χ0v) is 20.7. The molecular formula is C27H29NO8. The minimum atomic E-state index is -2.44. The summed E-state index contributed by atoms with van der Waals surface area (Å²) in [4.78, 5) is 67.4. The summed E-state index contributed by atoms with van der Waals surface area (Å²) in [5.41, 5.74) is -2.39. The second kappa shape index (κ2) is 10.7. The first-order chi connectivity index (χ1) is 17.0. The standard InChI is InChI=1S/C27H29NO8/c1-5-34-24(32)27(16-18-12-8-6-9-13-18)21(29)20(22(30)28(27)25(33)36-26(2,3)4)23(31)35-17-19-14-10-7-11-15-19/h6-15,20H,5,16-17H2,1-4H3. The molecule has 0 bridgehead atoms. The van der Waals surface area contributed by atoms with Crippen LogP contribution in [0.3, 0.4) is 0 Å². The molecule has 0 radical (unpaired) electrons. The van der Waals surface area contributed by atoms with Gasteiger partial charge in [-0.2, -0.15) is 0 Å². The fourth-order valence-corrected chi connectivity index (χ4v) is 3.92. The lowest BCUT2D eigenvalue weighted by Crippen LogP contribution is -2.61. The van der Waals surface area contributed by atoms with Crippen LogP contribution in [0.2, 0.25) is 0 Å². The third kappa shape index (κ3) is 5.45. The van der Waals surface area contributed by atoms with Crippen LogP contribution in [0.25, 0.3) is 0 Å². The summed E-state index contributed by atoms with van der Waals surface area (Å²) in [6, 6.07) is 17.0. The van der Waals surface area contributed by atoms with Crippen LogP contribution in [0.15, 0.2) is 60.7 Å². The Bertz CT molecular complexity index is 1140. The molecule has 0 N–H and O–H groups in total. The van der Waals surface area contributed by atoms with Crippen LogP contribution in [-0.4, -0.2) is 52.4 Å². The van der Waals surface area contributed by atoms with Crippen molar-refractivity contribution >= 4 is 29.7 Å². The number of rotatable bonds is 7. The third-order valence-electron chi connectivity index (χ3n) is 5.47. The summed E-state index contributed by atoms with van der Waals surface area (Å²) in [6.07, 6.45) is -1.62. The summed E-state index contributed by atoms with van der Waals surface area (Å²) in [5, 5.41) is 0. The summed E-state index contributed by atoms with van der Waals surface area (Å²) in [5.74, 6) is -6.62. The molecule has 2 aromatic carbocycles. The van der Waals surface area contributed by atoms with Gasteiger partial charge in [0.15, 0.2) is 11.7 Å². The maximum Gasteiger partial charge on any atom is 0.418 e. The molecule has 190 valence electrons. The van der Waals surface area contributed by atoms with E-state index in [0.717, 1.165) is 0 Å². The van der Waals surface area contributed by atoms with E-state index in [9.17, 15) is 24.0 Å². The fraction of sp³-hybridized carbons (Fsp3) is 0.370. The van der Waals surface area contributed by atoms with Crippen LogP contribution in [0, 0.1) is 5.92 Å². The topological polar surface area (TPSA) is 116 Å². The minimum Gasteiger partial charge on any atom is -0.464 e. The maximum absolute atomic E-state index is 13.8. The van der Waals surface area contributed by atoms with Crippen molar-refractivity contribution in [2.45, 2.75) is 51.9 Å².